The van der Waals surface area contributed by atoms with Crippen LogP contribution < -0.4 is 10.5 Å². The van der Waals surface area contributed by atoms with E-state index in [4.69, 9.17) is 10.5 Å². The number of aliphatic hydroxyl groups excluding tert-OH is 1. The molecular formula is C26H27FN4O4S. The molecule has 3 rings (SSSR count). The molecule has 3 N–H and O–H groups in total. The van der Waals surface area contributed by atoms with Crippen LogP contribution in [0.15, 0.2) is 65.3 Å². The van der Waals surface area contributed by atoms with Crippen LogP contribution in [0.2, 0.25) is 0 Å². The molecule has 0 saturated carbocycles. The maximum atomic E-state index is 14.8. The summed E-state index contributed by atoms with van der Waals surface area (Å²) in [6, 6.07) is 13.5. The third-order valence-electron chi connectivity index (χ3n) is 5.29. The number of nitrogens with zero attached hydrogens (tertiary/aromatic N) is 3. The molecule has 0 aliphatic rings. The maximum Gasteiger partial charge on any atom is 0.230 e. The number of anilines is 1. The number of rotatable bonds is 11. The van der Waals surface area contributed by atoms with Crippen LogP contribution >= 0.6 is 11.8 Å². The molecule has 0 aliphatic carbocycles. The van der Waals surface area contributed by atoms with E-state index in [0.29, 0.717) is 28.4 Å². The number of halogens is 1. The molecular weight excluding hydrogens is 483 g/mol. The van der Waals surface area contributed by atoms with Crippen molar-refractivity contribution < 1.29 is 23.8 Å². The van der Waals surface area contributed by atoms with Crippen molar-refractivity contribution in [2.75, 3.05) is 12.3 Å². The van der Waals surface area contributed by atoms with Crippen molar-refractivity contribution in [3.05, 3.63) is 93.7 Å². The largest absolute Gasteiger partial charge is 0.488 e. The predicted molar refractivity (Wildman–Crippen MR) is 136 cm³/mol. The Hall–Kier alpha value is -3.76. The van der Waals surface area contributed by atoms with Gasteiger partial charge in [-0.1, -0.05) is 36.4 Å². The number of carbonyl (C=O) groups is 2. The first-order chi connectivity index (χ1) is 17.3. The fourth-order valence-corrected chi connectivity index (χ4v) is 4.32. The van der Waals surface area contributed by atoms with Gasteiger partial charge < -0.3 is 20.5 Å². The molecule has 3 aromatic rings. The van der Waals surface area contributed by atoms with Crippen molar-refractivity contribution in [2.24, 2.45) is 0 Å². The number of hydrogen-bond donors (Lipinski definition) is 2. The van der Waals surface area contributed by atoms with E-state index in [1.54, 1.807) is 13.8 Å². The summed E-state index contributed by atoms with van der Waals surface area (Å²) in [4.78, 5) is 35.1. The van der Waals surface area contributed by atoms with Crippen LogP contribution in [0.3, 0.4) is 0 Å². The van der Waals surface area contributed by atoms with Gasteiger partial charge in [-0.15, -0.1) is 0 Å². The molecule has 2 aromatic carbocycles. The van der Waals surface area contributed by atoms with Gasteiger partial charge in [-0.2, -0.15) is 0 Å². The Morgan fingerprint density at radius 1 is 1.22 bits per heavy atom. The summed E-state index contributed by atoms with van der Waals surface area (Å²) < 4.78 is 20.5. The Bertz CT molecular complexity index is 1250. The second-order valence-corrected chi connectivity index (χ2v) is 8.89. The summed E-state index contributed by atoms with van der Waals surface area (Å²) in [5, 5.41) is 8.99. The minimum Gasteiger partial charge on any atom is -0.488 e. The molecule has 0 unspecified atom stereocenters. The van der Waals surface area contributed by atoms with Gasteiger partial charge in [0.15, 0.2) is 0 Å². The van der Waals surface area contributed by atoms with Crippen molar-refractivity contribution in [1.82, 2.24) is 14.9 Å². The van der Waals surface area contributed by atoms with E-state index in [2.05, 4.69) is 9.97 Å². The number of aliphatic hydroxyl groups is 1. The Morgan fingerprint density at radius 2 is 1.97 bits per heavy atom. The van der Waals surface area contributed by atoms with Gasteiger partial charge in [0.1, 0.15) is 35.4 Å². The number of benzene rings is 2. The Labute approximate surface area is 213 Å². The van der Waals surface area contributed by atoms with Crippen LogP contribution in [0.25, 0.3) is 0 Å². The molecule has 10 heteroatoms. The van der Waals surface area contributed by atoms with E-state index in [0.717, 1.165) is 17.3 Å². The van der Waals surface area contributed by atoms with Crippen LogP contribution in [0.4, 0.5) is 10.2 Å². The molecule has 1 heterocycles. The second-order valence-electron chi connectivity index (χ2n) is 7.82. The highest BCUT2D eigenvalue weighted by Crippen LogP contribution is 2.33. The molecule has 188 valence electrons. The molecule has 8 nitrogen and oxygen atoms in total. The van der Waals surface area contributed by atoms with Gasteiger partial charge in [-0.3, -0.25) is 9.59 Å². The number of allylic oxidation sites excluding steroid dienone is 1. The first-order valence-corrected chi connectivity index (χ1v) is 11.9. The summed E-state index contributed by atoms with van der Waals surface area (Å²) in [5.74, 6) is 0.115. The van der Waals surface area contributed by atoms with Crippen molar-refractivity contribution in [2.45, 2.75) is 33.4 Å². The SMILES string of the molecule is C/C(=C(\CCO)SC(=O)c1c(F)cccc1OCc1ccccc1)N(C=O)Cc1cnc(C)nc1N. The monoisotopic (exact) mass is 510 g/mol. The van der Waals surface area contributed by atoms with E-state index >= 15 is 0 Å². The molecule has 0 radical (unpaired) electrons. The van der Waals surface area contributed by atoms with Gasteiger partial charge in [0.05, 0.1) is 6.54 Å². The predicted octanol–water partition coefficient (Wildman–Crippen LogP) is 4.23. The van der Waals surface area contributed by atoms with Crippen LogP contribution in [-0.4, -0.2) is 38.1 Å². The van der Waals surface area contributed by atoms with Crippen LogP contribution in [0.1, 0.15) is 40.7 Å². The smallest absolute Gasteiger partial charge is 0.230 e. The highest BCUT2D eigenvalue weighted by atomic mass is 32.2. The van der Waals surface area contributed by atoms with E-state index in [9.17, 15) is 19.1 Å². The number of aryl methyl sites for hydroxylation is 1. The zero-order valence-corrected chi connectivity index (χ0v) is 20.8. The number of ether oxygens (including phenoxy) is 1. The fourth-order valence-electron chi connectivity index (χ4n) is 3.34. The normalized spacial score (nSPS) is 11.6. The maximum absolute atomic E-state index is 14.8. The first-order valence-electron chi connectivity index (χ1n) is 11.1. The standard InChI is InChI=1S/C26H27FN4O4S/c1-17(31(16-33)14-20-13-29-18(2)30-25(20)28)23(11-12-32)36-26(34)24-21(27)9-6-10-22(24)35-15-19-7-4-3-5-8-19/h3-10,13,16,32H,11-12,14-15H2,1-2H3,(H2,28,29,30)/b23-17-. The van der Waals surface area contributed by atoms with Crippen molar-refractivity contribution in [1.29, 1.82) is 0 Å². The van der Waals surface area contributed by atoms with Crippen molar-refractivity contribution in [3.63, 3.8) is 0 Å². The third-order valence-corrected chi connectivity index (χ3v) is 6.43. The van der Waals surface area contributed by atoms with Gasteiger partial charge in [-0.25, -0.2) is 14.4 Å². The minimum atomic E-state index is -0.726. The summed E-state index contributed by atoms with van der Waals surface area (Å²) in [5.41, 5.74) is 7.55. The summed E-state index contributed by atoms with van der Waals surface area (Å²) in [7, 11) is 0. The molecule has 1 aromatic heterocycles. The highest BCUT2D eigenvalue weighted by Gasteiger charge is 2.23. The number of hydrogen-bond acceptors (Lipinski definition) is 8. The summed E-state index contributed by atoms with van der Waals surface area (Å²) >= 11 is 0.739. The molecule has 0 bridgehead atoms. The number of aromatic nitrogens is 2. The summed E-state index contributed by atoms with van der Waals surface area (Å²) in [6.45, 7) is 3.29. The zero-order chi connectivity index (χ0) is 26.1. The lowest BCUT2D eigenvalue weighted by molar-refractivity contribution is -0.116. The zero-order valence-electron chi connectivity index (χ0n) is 20.0. The molecule has 36 heavy (non-hydrogen) atoms. The van der Waals surface area contributed by atoms with Crippen LogP contribution in [-0.2, 0) is 17.9 Å². The lowest BCUT2D eigenvalue weighted by Gasteiger charge is -2.22. The average Bonchev–Trinajstić information content (AvgIpc) is 2.87. The number of nitrogens with two attached hydrogens (primary N) is 1. The molecule has 1 amide bonds. The number of nitrogen functional groups attached to an aromatic ring is 1. The van der Waals surface area contributed by atoms with Gasteiger partial charge in [-0.05, 0) is 43.3 Å². The molecule has 0 aliphatic heterocycles. The number of thioether (sulfide) groups is 1. The van der Waals surface area contributed by atoms with E-state index in [1.165, 1.54) is 29.3 Å². The van der Waals surface area contributed by atoms with Crippen molar-refractivity contribution in [3.8, 4) is 5.75 Å². The van der Waals surface area contributed by atoms with E-state index < -0.39 is 10.9 Å². The fraction of sp³-hybridized carbons (Fsp3) is 0.231. The lowest BCUT2D eigenvalue weighted by atomic mass is 10.2. The van der Waals surface area contributed by atoms with Crippen LogP contribution in [0, 0.1) is 12.7 Å². The lowest BCUT2D eigenvalue weighted by Crippen LogP contribution is -2.22. The Kier molecular flexibility index (Phi) is 9.54. The quantitative estimate of drug-likeness (QED) is 0.368. The van der Waals surface area contributed by atoms with Gasteiger partial charge >= 0.3 is 0 Å². The number of carbonyl (C=O) groups excluding carboxylic acids is 2. The van der Waals surface area contributed by atoms with Gasteiger partial charge in [0.25, 0.3) is 0 Å². The third kappa shape index (κ3) is 6.89. The Morgan fingerprint density at radius 3 is 2.64 bits per heavy atom. The molecule has 0 saturated heterocycles. The molecule has 0 fully saturated rings. The minimum absolute atomic E-state index is 0.0657. The van der Waals surface area contributed by atoms with E-state index in [1.807, 2.05) is 30.3 Å². The topological polar surface area (TPSA) is 119 Å². The summed E-state index contributed by atoms with van der Waals surface area (Å²) in [6.07, 6.45) is 2.21. The van der Waals surface area contributed by atoms with E-state index in [-0.39, 0.29) is 43.3 Å². The van der Waals surface area contributed by atoms with Crippen LogP contribution in [0.5, 0.6) is 5.75 Å². The first kappa shape index (κ1) is 26.8. The van der Waals surface area contributed by atoms with Crippen molar-refractivity contribution >= 4 is 29.1 Å². The molecule has 0 atom stereocenters. The van der Waals surface area contributed by atoms with Gasteiger partial charge in [0, 0.05) is 35.4 Å². The second kappa shape index (κ2) is 12.8. The highest BCUT2D eigenvalue weighted by molar-refractivity contribution is 8.17. The van der Waals surface area contributed by atoms with Gasteiger partial charge in [0.2, 0.25) is 11.5 Å². The Balaban J connectivity index is 1.86. The molecule has 0 spiro atoms. The number of amides is 1. The average molecular weight is 511 g/mol.